The average molecular weight is 325 g/mol. The largest absolute Gasteiger partial charge is 0.444 e. The topological polar surface area (TPSA) is 77.7 Å². The van der Waals surface area contributed by atoms with Crippen molar-refractivity contribution in [1.29, 1.82) is 0 Å². The first-order chi connectivity index (χ1) is 10.7. The molecule has 7 nitrogen and oxygen atoms in total. The highest BCUT2D eigenvalue weighted by Gasteiger charge is 2.36. The van der Waals surface area contributed by atoms with Gasteiger partial charge < -0.3 is 18.9 Å². The Labute approximate surface area is 137 Å². The molecule has 130 valence electrons. The van der Waals surface area contributed by atoms with Gasteiger partial charge in [-0.25, -0.2) is 4.79 Å². The molecule has 1 aromatic rings. The summed E-state index contributed by atoms with van der Waals surface area (Å²) in [7, 11) is 1.64. The second-order valence-electron chi connectivity index (χ2n) is 7.26. The van der Waals surface area contributed by atoms with Crippen molar-refractivity contribution in [2.75, 3.05) is 20.2 Å². The van der Waals surface area contributed by atoms with E-state index in [1.54, 1.807) is 12.0 Å². The first kappa shape index (κ1) is 17.7. The van der Waals surface area contributed by atoms with Gasteiger partial charge in [0, 0.05) is 32.5 Å². The monoisotopic (exact) mass is 325 g/mol. The fraction of sp³-hybridized carbons (Fsp3) is 0.812. The van der Waals surface area contributed by atoms with Gasteiger partial charge in [-0.15, -0.1) is 0 Å². The predicted octanol–water partition coefficient (Wildman–Crippen LogP) is 2.75. The minimum absolute atomic E-state index is 0.266. The molecule has 23 heavy (non-hydrogen) atoms. The van der Waals surface area contributed by atoms with Crippen LogP contribution < -0.4 is 0 Å². The molecular formula is C16H27N3O4. The number of nitrogens with zero attached hydrogens (tertiary/aromatic N) is 3. The van der Waals surface area contributed by atoms with E-state index in [4.69, 9.17) is 14.0 Å². The number of carbonyl (C=O) groups is 1. The van der Waals surface area contributed by atoms with Crippen molar-refractivity contribution in [3.63, 3.8) is 0 Å². The van der Waals surface area contributed by atoms with Crippen molar-refractivity contribution in [1.82, 2.24) is 15.0 Å². The number of carbonyl (C=O) groups excluding carboxylic acids is 1. The minimum atomic E-state index is -0.524. The zero-order chi connectivity index (χ0) is 17.3. The lowest BCUT2D eigenvalue weighted by atomic mass is 9.97. The van der Waals surface area contributed by atoms with Gasteiger partial charge in [-0.2, -0.15) is 4.98 Å². The maximum Gasteiger partial charge on any atom is 0.410 e. The number of aromatic nitrogens is 2. The number of hydrogen-bond acceptors (Lipinski definition) is 6. The number of amides is 1. The van der Waals surface area contributed by atoms with Crippen molar-refractivity contribution < 1.29 is 18.8 Å². The van der Waals surface area contributed by atoms with E-state index in [9.17, 15) is 4.79 Å². The Morgan fingerprint density at radius 2 is 2.00 bits per heavy atom. The quantitative estimate of drug-likeness (QED) is 0.828. The van der Waals surface area contributed by atoms with Crippen LogP contribution in [0.4, 0.5) is 4.79 Å². The summed E-state index contributed by atoms with van der Waals surface area (Å²) in [6.07, 6.45) is 1.16. The lowest BCUT2D eigenvalue weighted by Crippen LogP contribution is -2.52. The molecule has 1 aromatic heterocycles. The maximum atomic E-state index is 11.9. The van der Waals surface area contributed by atoms with Crippen LogP contribution in [0.2, 0.25) is 0 Å². The zero-order valence-electron chi connectivity index (χ0n) is 14.9. The Balaban J connectivity index is 1.85. The molecule has 0 N–H and O–H groups in total. The van der Waals surface area contributed by atoms with Crippen LogP contribution in [0.15, 0.2) is 4.52 Å². The van der Waals surface area contributed by atoms with E-state index in [2.05, 4.69) is 10.1 Å². The molecule has 0 spiro atoms. The highest BCUT2D eigenvalue weighted by molar-refractivity contribution is 5.69. The van der Waals surface area contributed by atoms with E-state index >= 15 is 0 Å². The Bertz CT molecular complexity index is 540. The van der Waals surface area contributed by atoms with Gasteiger partial charge in [0.25, 0.3) is 0 Å². The van der Waals surface area contributed by atoms with Crippen LogP contribution in [0.5, 0.6) is 0 Å². The van der Waals surface area contributed by atoms with Crippen molar-refractivity contribution >= 4 is 6.09 Å². The average Bonchev–Trinajstić information content (AvgIpc) is 2.88. The molecule has 1 saturated heterocycles. The highest BCUT2D eigenvalue weighted by Crippen LogP contribution is 2.27. The summed E-state index contributed by atoms with van der Waals surface area (Å²) in [5.74, 6) is 1.48. The molecule has 0 aliphatic carbocycles. The number of likely N-dealkylation sites (tertiary alicyclic amines) is 1. The molecule has 7 heteroatoms. The van der Waals surface area contributed by atoms with Crippen LogP contribution >= 0.6 is 0 Å². The van der Waals surface area contributed by atoms with Crippen LogP contribution in [-0.2, 0) is 21.5 Å². The summed E-state index contributed by atoms with van der Waals surface area (Å²) >= 11 is 0. The van der Waals surface area contributed by atoms with Crippen LogP contribution in [0, 0.1) is 5.92 Å². The normalized spacial score (nSPS) is 18.4. The minimum Gasteiger partial charge on any atom is -0.444 e. The standard InChI is InChI=1S/C16H27N3O4/c1-7-16(5,21-6)13-17-12(23-18-13)8-11-9-19(10-11)14(20)22-15(2,3)4/h11H,7-10H2,1-6H3. The molecule has 1 aliphatic heterocycles. The fourth-order valence-electron chi connectivity index (χ4n) is 2.37. The second-order valence-corrected chi connectivity index (χ2v) is 7.26. The molecule has 2 heterocycles. The Morgan fingerprint density at radius 1 is 1.35 bits per heavy atom. The molecular weight excluding hydrogens is 298 g/mol. The molecule has 2 rings (SSSR count). The van der Waals surface area contributed by atoms with Gasteiger partial charge in [-0.3, -0.25) is 0 Å². The molecule has 1 unspecified atom stereocenters. The Morgan fingerprint density at radius 3 is 2.52 bits per heavy atom. The van der Waals surface area contributed by atoms with Gasteiger partial charge in [-0.1, -0.05) is 12.1 Å². The van der Waals surface area contributed by atoms with Crippen molar-refractivity contribution in [2.45, 2.75) is 58.7 Å². The molecule has 0 saturated carbocycles. The summed E-state index contributed by atoms with van der Waals surface area (Å²) in [5.41, 5.74) is -0.988. The third-order valence-electron chi connectivity index (χ3n) is 4.14. The van der Waals surface area contributed by atoms with Crippen molar-refractivity contribution in [3.8, 4) is 0 Å². The third-order valence-corrected chi connectivity index (χ3v) is 4.14. The SMILES string of the molecule is CCC(C)(OC)c1noc(CC2CN(C(=O)OC(C)(C)C)C2)n1. The smallest absolute Gasteiger partial charge is 0.410 e. The maximum absolute atomic E-state index is 11.9. The van der Waals surface area contributed by atoms with Gasteiger partial charge in [0.15, 0.2) is 0 Å². The molecule has 0 radical (unpaired) electrons. The number of rotatable bonds is 5. The molecule has 1 fully saturated rings. The lowest BCUT2D eigenvalue weighted by molar-refractivity contribution is -0.0106. The number of ether oxygens (including phenoxy) is 2. The summed E-state index contributed by atoms with van der Waals surface area (Å²) in [4.78, 5) is 18.0. The fourth-order valence-corrected chi connectivity index (χ4v) is 2.37. The van der Waals surface area contributed by atoms with Gasteiger partial charge in [0.05, 0.1) is 0 Å². The van der Waals surface area contributed by atoms with Crippen LogP contribution in [0.25, 0.3) is 0 Å². The summed E-state index contributed by atoms with van der Waals surface area (Å²) in [6.45, 7) is 10.9. The molecule has 1 atom stereocenters. The Kier molecular flexibility index (Phi) is 4.98. The lowest BCUT2D eigenvalue weighted by Gasteiger charge is -2.39. The van der Waals surface area contributed by atoms with Gasteiger partial charge in [-0.05, 0) is 34.1 Å². The molecule has 0 aromatic carbocycles. The van der Waals surface area contributed by atoms with Gasteiger partial charge in [0.2, 0.25) is 11.7 Å². The Hall–Kier alpha value is -1.63. The summed E-state index contributed by atoms with van der Waals surface area (Å²) < 4.78 is 16.1. The molecule has 1 amide bonds. The summed E-state index contributed by atoms with van der Waals surface area (Å²) in [5, 5.41) is 4.03. The van der Waals surface area contributed by atoms with E-state index in [0.29, 0.717) is 37.1 Å². The van der Waals surface area contributed by atoms with Crippen LogP contribution in [0.1, 0.15) is 52.8 Å². The van der Waals surface area contributed by atoms with Gasteiger partial charge in [0.1, 0.15) is 11.2 Å². The predicted molar refractivity (Wildman–Crippen MR) is 84.0 cm³/mol. The van der Waals surface area contributed by atoms with E-state index in [1.165, 1.54) is 0 Å². The second kappa shape index (κ2) is 6.47. The third kappa shape index (κ3) is 4.22. The molecule has 0 bridgehead atoms. The number of hydrogen-bond donors (Lipinski definition) is 0. The highest BCUT2D eigenvalue weighted by atomic mass is 16.6. The van der Waals surface area contributed by atoms with E-state index in [-0.39, 0.29) is 6.09 Å². The van der Waals surface area contributed by atoms with E-state index in [0.717, 1.165) is 6.42 Å². The molecule has 1 aliphatic rings. The zero-order valence-corrected chi connectivity index (χ0v) is 14.9. The van der Waals surface area contributed by atoms with E-state index in [1.807, 2.05) is 34.6 Å². The first-order valence-electron chi connectivity index (χ1n) is 8.03. The van der Waals surface area contributed by atoms with E-state index < -0.39 is 11.2 Å². The first-order valence-corrected chi connectivity index (χ1v) is 8.03. The van der Waals surface area contributed by atoms with Crippen molar-refractivity contribution in [2.24, 2.45) is 5.92 Å². The number of methoxy groups -OCH3 is 1. The van der Waals surface area contributed by atoms with Crippen LogP contribution in [-0.4, -0.2) is 46.9 Å². The van der Waals surface area contributed by atoms with Crippen molar-refractivity contribution in [3.05, 3.63) is 11.7 Å². The van der Waals surface area contributed by atoms with Gasteiger partial charge >= 0.3 is 6.09 Å². The van der Waals surface area contributed by atoms with Crippen LogP contribution in [0.3, 0.4) is 0 Å². The summed E-state index contributed by atoms with van der Waals surface area (Å²) in [6, 6.07) is 0.